The van der Waals surface area contributed by atoms with E-state index in [0.717, 1.165) is 57.5 Å². The number of halogens is 1. The average molecular weight is 636 g/mol. The summed E-state index contributed by atoms with van der Waals surface area (Å²) in [5.74, 6) is 3.37. The highest BCUT2D eigenvalue weighted by Crippen LogP contribution is 2.61. The number of ether oxygens (including phenoxy) is 1. The van der Waals surface area contributed by atoms with Gasteiger partial charge in [0, 0.05) is 45.7 Å². The number of primary amides is 1. The molecule has 228 valence electrons. The molecule has 4 atom stereocenters. The van der Waals surface area contributed by atoms with E-state index < -0.39 is 5.91 Å². The Labute approximate surface area is 270 Å². The van der Waals surface area contributed by atoms with Gasteiger partial charge >= 0.3 is 0 Å². The monoisotopic (exact) mass is 635 g/mol. The van der Waals surface area contributed by atoms with Crippen LogP contribution in [0.4, 0.5) is 0 Å². The molecule has 0 bridgehead atoms. The summed E-state index contributed by atoms with van der Waals surface area (Å²) in [6.45, 7) is 4.04. The topological polar surface area (TPSA) is 77.6 Å². The molecule has 2 aromatic heterocycles. The van der Waals surface area contributed by atoms with Gasteiger partial charge in [0.25, 0.3) is 5.91 Å². The lowest BCUT2D eigenvalue weighted by molar-refractivity contribution is -0.0204. The Morgan fingerprint density at radius 2 is 1.82 bits per heavy atom. The number of nitrogens with zero attached hydrogens (tertiary/aromatic N) is 2. The van der Waals surface area contributed by atoms with Crippen molar-refractivity contribution in [1.29, 1.82) is 0 Å². The first-order chi connectivity index (χ1) is 21.8. The molecule has 2 N–H and O–H groups in total. The van der Waals surface area contributed by atoms with E-state index in [2.05, 4.69) is 46.7 Å². The summed E-state index contributed by atoms with van der Waals surface area (Å²) in [6, 6.07) is 18.7. The summed E-state index contributed by atoms with van der Waals surface area (Å²) in [4.78, 5) is 28.9. The fourth-order valence-corrected chi connectivity index (χ4v) is 10.1. The molecular formula is C37H34ClN3O3S. The molecule has 3 unspecified atom stereocenters. The number of hydrogen-bond donors (Lipinski definition) is 1. The predicted molar refractivity (Wildman–Crippen MR) is 180 cm³/mol. The molecule has 4 aliphatic rings. The first-order valence-electron chi connectivity index (χ1n) is 15.9. The van der Waals surface area contributed by atoms with Crippen molar-refractivity contribution >= 4 is 55.7 Å². The standard InChI is InChI=1S/C37H34ClN3O3S/c1-18-33-31(44-2)14-24(37(43)41-17-25-9-23-13-29(41)34(23)25)15-32(33)45-35(18)30-12-22-6-5-21(11-28(22)40(30)16-19-3-4-19)20-7-8-26(36(39)42)27(38)10-20/h5-8,10-12,14-15,19,23,25,29,34H,3-4,9,13,16-17H2,1-2H3,(H2,39,42)/t23?,25?,29?,34-/m1/s1. The molecule has 9 rings (SSSR count). The summed E-state index contributed by atoms with van der Waals surface area (Å²) in [7, 11) is 1.71. The van der Waals surface area contributed by atoms with Crippen molar-refractivity contribution in [3.8, 4) is 27.4 Å². The van der Waals surface area contributed by atoms with Gasteiger partial charge in [0.2, 0.25) is 5.91 Å². The van der Waals surface area contributed by atoms with Crippen molar-refractivity contribution in [2.75, 3.05) is 13.7 Å². The molecular weight excluding hydrogens is 602 g/mol. The third-order valence-corrected chi connectivity index (χ3v) is 12.7. The van der Waals surface area contributed by atoms with Crippen LogP contribution >= 0.6 is 22.9 Å². The third kappa shape index (κ3) is 4.13. The van der Waals surface area contributed by atoms with Crippen molar-refractivity contribution in [2.45, 2.75) is 45.2 Å². The van der Waals surface area contributed by atoms with Gasteiger partial charge in [0.05, 0.1) is 28.3 Å². The second-order valence-electron chi connectivity index (χ2n) is 13.6. The molecule has 3 aliphatic carbocycles. The molecule has 0 spiro atoms. The summed E-state index contributed by atoms with van der Waals surface area (Å²) < 4.78 is 9.51. The zero-order chi connectivity index (χ0) is 30.7. The molecule has 3 aromatic carbocycles. The Hall–Kier alpha value is -3.81. The second-order valence-corrected chi connectivity index (χ2v) is 15.1. The van der Waals surface area contributed by atoms with Crippen LogP contribution in [0.2, 0.25) is 5.02 Å². The smallest absolute Gasteiger partial charge is 0.254 e. The number of thiophene rings is 1. The van der Waals surface area contributed by atoms with E-state index in [4.69, 9.17) is 22.1 Å². The maximum Gasteiger partial charge on any atom is 0.254 e. The number of carbonyl (C=O) groups is 2. The van der Waals surface area contributed by atoms with Crippen LogP contribution < -0.4 is 10.5 Å². The minimum Gasteiger partial charge on any atom is -0.496 e. The van der Waals surface area contributed by atoms with Gasteiger partial charge in [-0.2, -0.15) is 0 Å². The minimum atomic E-state index is -0.531. The first-order valence-corrected chi connectivity index (χ1v) is 17.1. The fourth-order valence-electron chi connectivity index (χ4n) is 8.50. The van der Waals surface area contributed by atoms with Crippen molar-refractivity contribution in [3.05, 3.63) is 76.3 Å². The molecule has 1 aliphatic heterocycles. The van der Waals surface area contributed by atoms with E-state index >= 15 is 0 Å². The molecule has 6 nitrogen and oxygen atoms in total. The highest BCUT2D eigenvalue weighted by Gasteiger charge is 2.61. The number of hydrogen-bond acceptors (Lipinski definition) is 4. The number of rotatable bonds is 7. The van der Waals surface area contributed by atoms with E-state index in [0.29, 0.717) is 28.5 Å². The molecule has 3 saturated carbocycles. The van der Waals surface area contributed by atoms with E-state index in [9.17, 15) is 9.59 Å². The highest BCUT2D eigenvalue weighted by atomic mass is 35.5. The van der Waals surface area contributed by atoms with Gasteiger partial charge in [0.1, 0.15) is 5.75 Å². The zero-order valence-corrected chi connectivity index (χ0v) is 26.9. The molecule has 5 aromatic rings. The molecule has 2 amide bonds. The normalized spacial score (nSPS) is 23.2. The number of methoxy groups -OCH3 is 1. The Morgan fingerprint density at radius 1 is 1.02 bits per heavy atom. The lowest BCUT2D eigenvalue weighted by atomic mass is 9.53. The SMILES string of the molecule is COc1cc(C(=O)N2CC3CC4CC2[C@H]43)cc2sc(-c3cc4ccc(-c5ccc(C(N)=O)c(Cl)c5)cc4n3CC3CC3)c(C)c12. The van der Waals surface area contributed by atoms with Crippen molar-refractivity contribution in [3.63, 3.8) is 0 Å². The maximum absolute atomic E-state index is 13.8. The molecule has 45 heavy (non-hydrogen) atoms. The molecule has 3 heterocycles. The van der Waals surface area contributed by atoms with E-state index in [1.54, 1.807) is 24.5 Å². The van der Waals surface area contributed by atoms with Gasteiger partial charge in [-0.3, -0.25) is 9.59 Å². The molecule has 4 fully saturated rings. The number of amides is 2. The Morgan fingerprint density at radius 3 is 2.53 bits per heavy atom. The lowest BCUT2D eigenvalue weighted by Crippen LogP contribution is -2.53. The van der Waals surface area contributed by atoms with Gasteiger partial charge in [-0.15, -0.1) is 11.3 Å². The number of aromatic nitrogens is 1. The van der Waals surface area contributed by atoms with Crippen molar-refractivity contribution in [2.24, 2.45) is 29.4 Å². The van der Waals surface area contributed by atoms with Crippen LogP contribution in [0.25, 0.3) is 42.7 Å². The Balaban J connectivity index is 1.14. The van der Waals surface area contributed by atoms with Crippen LogP contribution in [-0.2, 0) is 6.54 Å². The number of likely N-dealkylation sites (tertiary alicyclic amines) is 1. The first kappa shape index (κ1) is 27.5. The summed E-state index contributed by atoms with van der Waals surface area (Å²) in [6.07, 6.45) is 4.96. The number of carbonyl (C=O) groups excluding carboxylic acids is 2. The van der Waals surface area contributed by atoms with E-state index in [1.165, 1.54) is 52.7 Å². The Bertz CT molecular complexity index is 2090. The molecule has 1 saturated heterocycles. The minimum absolute atomic E-state index is 0.153. The Kier molecular flexibility index (Phi) is 6.01. The van der Waals surface area contributed by atoms with Crippen molar-refractivity contribution < 1.29 is 14.3 Å². The fraction of sp³-hybridized carbons (Fsp3) is 0.351. The van der Waals surface area contributed by atoms with Gasteiger partial charge in [-0.25, -0.2) is 0 Å². The van der Waals surface area contributed by atoms with Crippen LogP contribution in [0.1, 0.15) is 52.0 Å². The molecule has 8 heteroatoms. The summed E-state index contributed by atoms with van der Waals surface area (Å²) >= 11 is 8.17. The van der Waals surface area contributed by atoms with E-state index in [1.807, 2.05) is 18.2 Å². The maximum atomic E-state index is 13.8. The number of fused-ring (bicyclic) bond motifs is 2. The quantitative estimate of drug-likeness (QED) is 0.196. The number of benzene rings is 3. The van der Waals surface area contributed by atoms with Gasteiger partial charge in [0.15, 0.2) is 0 Å². The van der Waals surface area contributed by atoms with Crippen molar-refractivity contribution in [1.82, 2.24) is 9.47 Å². The summed E-state index contributed by atoms with van der Waals surface area (Å²) in [5.41, 5.74) is 12.1. The predicted octanol–water partition coefficient (Wildman–Crippen LogP) is 8.15. The van der Waals surface area contributed by atoms with Gasteiger partial charge in [-0.1, -0.05) is 29.8 Å². The zero-order valence-electron chi connectivity index (χ0n) is 25.3. The highest BCUT2D eigenvalue weighted by molar-refractivity contribution is 7.22. The third-order valence-electron chi connectivity index (χ3n) is 11.1. The van der Waals surface area contributed by atoms with Crippen LogP contribution in [0.5, 0.6) is 5.75 Å². The number of aryl methyl sites for hydroxylation is 1. The number of nitrogens with two attached hydrogens (primary N) is 1. The van der Waals surface area contributed by atoms with Crippen LogP contribution in [0.3, 0.4) is 0 Å². The van der Waals surface area contributed by atoms with Gasteiger partial charge in [-0.05, 0) is 109 Å². The van der Waals surface area contributed by atoms with Gasteiger partial charge < -0.3 is 19.9 Å². The molecule has 0 radical (unpaired) electrons. The van der Waals surface area contributed by atoms with Crippen LogP contribution in [0, 0.1) is 30.6 Å². The average Bonchev–Trinajstić information content (AvgIpc) is 3.69. The largest absolute Gasteiger partial charge is 0.496 e. The van der Waals surface area contributed by atoms with Crippen LogP contribution in [-0.4, -0.2) is 41.0 Å². The summed E-state index contributed by atoms with van der Waals surface area (Å²) in [5, 5.41) is 2.62. The van der Waals surface area contributed by atoms with Crippen LogP contribution in [0.15, 0.2) is 54.6 Å². The van der Waals surface area contributed by atoms with E-state index in [-0.39, 0.29) is 5.91 Å². The second kappa shape index (κ2) is 9.84. The lowest BCUT2D eigenvalue weighted by Gasteiger charge is -2.52.